The van der Waals surface area contributed by atoms with Gasteiger partial charge in [-0.15, -0.1) is 0 Å². The van der Waals surface area contributed by atoms with Crippen LogP contribution in [0.1, 0.15) is 15.9 Å². The van der Waals surface area contributed by atoms with Crippen molar-refractivity contribution in [3.05, 3.63) is 61.2 Å². The van der Waals surface area contributed by atoms with Gasteiger partial charge < -0.3 is 5.32 Å². The minimum atomic E-state index is -0.487. The maximum absolute atomic E-state index is 13.4. The van der Waals surface area contributed by atoms with Crippen molar-refractivity contribution in [2.45, 2.75) is 6.92 Å². The average Bonchev–Trinajstić information content (AvgIpc) is 2.39. The molecule has 0 aliphatic heterocycles. The van der Waals surface area contributed by atoms with Gasteiger partial charge in [0.25, 0.3) is 5.91 Å². The number of benzene rings is 2. The van der Waals surface area contributed by atoms with E-state index in [1.807, 2.05) is 6.92 Å². The number of carbonyl (C=O) groups excluding carboxylic acids is 1. The Bertz CT molecular complexity index is 691. The van der Waals surface area contributed by atoms with Crippen molar-refractivity contribution in [1.29, 1.82) is 0 Å². The van der Waals surface area contributed by atoms with Crippen molar-refractivity contribution in [3.8, 4) is 0 Å². The van der Waals surface area contributed by atoms with E-state index in [4.69, 9.17) is 11.6 Å². The second kappa shape index (κ2) is 6.24. The minimum absolute atomic E-state index is 0.131. The highest BCUT2D eigenvalue weighted by atomic mass is 79.9. The number of halogens is 4. The van der Waals surface area contributed by atoms with Gasteiger partial charge in [0.1, 0.15) is 5.82 Å². The standard InChI is InChI=1S/C14H9Br2ClFNO/c1-7-5-9(15)12(6-10(7)17)19-14(20)8-3-2-4-11(18)13(8)16/h2-6H,1H3,(H,19,20). The smallest absolute Gasteiger partial charge is 0.256 e. The molecule has 0 aliphatic rings. The molecule has 2 aromatic rings. The van der Waals surface area contributed by atoms with Crippen LogP contribution in [0.2, 0.25) is 5.02 Å². The average molecular weight is 421 g/mol. The summed E-state index contributed by atoms with van der Waals surface area (Å²) in [5, 5.41) is 3.24. The minimum Gasteiger partial charge on any atom is -0.321 e. The molecule has 6 heteroatoms. The van der Waals surface area contributed by atoms with E-state index in [9.17, 15) is 9.18 Å². The molecule has 0 aliphatic carbocycles. The molecule has 1 amide bonds. The first-order valence-electron chi connectivity index (χ1n) is 5.61. The summed E-state index contributed by atoms with van der Waals surface area (Å²) < 4.78 is 14.3. The van der Waals surface area contributed by atoms with E-state index in [2.05, 4.69) is 37.2 Å². The molecule has 0 heterocycles. The van der Waals surface area contributed by atoms with Crippen molar-refractivity contribution in [2.24, 2.45) is 0 Å². The Morgan fingerprint density at radius 1 is 1.30 bits per heavy atom. The fourth-order valence-electron chi connectivity index (χ4n) is 1.61. The first-order chi connectivity index (χ1) is 9.40. The Labute approximate surface area is 137 Å². The summed E-state index contributed by atoms with van der Waals surface area (Å²) in [7, 11) is 0. The molecule has 2 rings (SSSR count). The number of amides is 1. The van der Waals surface area contributed by atoms with E-state index >= 15 is 0 Å². The molecule has 20 heavy (non-hydrogen) atoms. The predicted octanol–water partition coefficient (Wildman–Crippen LogP) is 5.56. The molecule has 2 aromatic carbocycles. The summed E-state index contributed by atoms with van der Waals surface area (Å²) in [5.41, 5.74) is 1.64. The van der Waals surface area contributed by atoms with Gasteiger partial charge in [0.15, 0.2) is 0 Å². The van der Waals surface area contributed by atoms with Crippen LogP contribution in [0.25, 0.3) is 0 Å². The van der Waals surface area contributed by atoms with Crippen LogP contribution in [0.15, 0.2) is 39.3 Å². The lowest BCUT2D eigenvalue weighted by atomic mass is 10.2. The quantitative estimate of drug-likeness (QED) is 0.675. The SMILES string of the molecule is Cc1cc(Br)c(NC(=O)c2cccc(F)c2Br)cc1Cl. The molecular formula is C14H9Br2ClFNO. The molecule has 0 saturated heterocycles. The second-order valence-corrected chi connectivity index (χ2v) is 6.19. The van der Waals surface area contributed by atoms with Crippen LogP contribution >= 0.6 is 43.5 Å². The van der Waals surface area contributed by atoms with Crippen molar-refractivity contribution >= 4 is 55.1 Å². The van der Waals surface area contributed by atoms with Crippen LogP contribution in [-0.2, 0) is 0 Å². The molecule has 0 fully saturated rings. The summed E-state index contributed by atoms with van der Waals surface area (Å²) in [4.78, 5) is 12.2. The number of hydrogen-bond acceptors (Lipinski definition) is 1. The third-order valence-electron chi connectivity index (χ3n) is 2.69. The van der Waals surface area contributed by atoms with Crippen molar-refractivity contribution < 1.29 is 9.18 Å². The molecule has 0 spiro atoms. The predicted molar refractivity (Wildman–Crippen MR) is 85.9 cm³/mol. The van der Waals surface area contributed by atoms with E-state index in [1.165, 1.54) is 18.2 Å². The Hall–Kier alpha value is -0.910. The number of hydrogen-bond donors (Lipinski definition) is 1. The molecule has 104 valence electrons. The van der Waals surface area contributed by atoms with E-state index in [-0.39, 0.29) is 10.0 Å². The first kappa shape index (κ1) is 15.5. The third-order valence-corrected chi connectivity index (χ3v) is 4.56. The van der Waals surface area contributed by atoms with Gasteiger partial charge in [0.2, 0.25) is 0 Å². The fourth-order valence-corrected chi connectivity index (χ4v) is 2.78. The Morgan fingerprint density at radius 3 is 2.70 bits per heavy atom. The highest BCUT2D eigenvalue weighted by Crippen LogP contribution is 2.30. The van der Waals surface area contributed by atoms with Crippen LogP contribution < -0.4 is 5.32 Å². The zero-order chi connectivity index (χ0) is 14.9. The molecule has 0 bridgehead atoms. The summed E-state index contributed by atoms with van der Waals surface area (Å²) in [6.45, 7) is 1.86. The van der Waals surface area contributed by atoms with Crippen LogP contribution in [0.3, 0.4) is 0 Å². The van der Waals surface area contributed by atoms with Gasteiger partial charge in [-0.1, -0.05) is 17.7 Å². The summed E-state index contributed by atoms with van der Waals surface area (Å²) in [5.74, 6) is -0.907. The molecular weight excluding hydrogens is 412 g/mol. The number of aryl methyl sites for hydroxylation is 1. The largest absolute Gasteiger partial charge is 0.321 e. The lowest BCUT2D eigenvalue weighted by Gasteiger charge is -2.10. The van der Waals surface area contributed by atoms with Gasteiger partial charge in [-0.3, -0.25) is 4.79 Å². The summed E-state index contributed by atoms with van der Waals surface area (Å²) in [6.07, 6.45) is 0. The van der Waals surface area contributed by atoms with Gasteiger partial charge in [0, 0.05) is 9.50 Å². The Kier molecular flexibility index (Phi) is 4.83. The summed E-state index contributed by atoms with van der Waals surface area (Å²) in [6, 6.07) is 7.74. The van der Waals surface area contributed by atoms with Crippen molar-refractivity contribution in [3.63, 3.8) is 0 Å². The highest BCUT2D eigenvalue weighted by Gasteiger charge is 2.15. The van der Waals surface area contributed by atoms with Gasteiger partial charge in [-0.25, -0.2) is 4.39 Å². The number of anilines is 1. The van der Waals surface area contributed by atoms with Crippen LogP contribution in [0.4, 0.5) is 10.1 Å². The van der Waals surface area contributed by atoms with E-state index in [1.54, 1.807) is 12.1 Å². The van der Waals surface area contributed by atoms with Gasteiger partial charge in [-0.2, -0.15) is 0 Å². The van der Waals surface area contributed by atoms with Crippen molar-refractivity contribution in [1.82, 2.24) is 0 Å². The van der Waals surface area contributed by atoms with E-state index in [0.29, 0.717) is 15.2 Å². The molecule has 0 atom stereocenters. The van der Waals surface area contributed by atoms with Gasteiger partial charge in [0.05, 0.1) is 15.7 Å². The number of nitrogens with one attached hydrogen (secondary N) is 1. The number of rotatable bonds is 2. The van der Waals surface area contributed by atoms with Gasteiger partial charge in [-0.05, 0) is 68.6 Å². The zero-order valence-electron chi connectivity index (χ0n) is 10.3. The molecule has 2 nitrogen and oxygen atoms in total. The maximum atomic E-state index is 13.4. The van der Waals surface area contributed by atoms with E-state index in [0.717, 1.165) is 5.56 Å². The topological polar surface area (TPSA) is 29.1 Å². The van der Waals surface area contributed by atoms with Crippen LogP contribution in [-0.4, -0.2) is 5.91 Å². The first-order valence-corrected chi connectivity index (χ1v) is 7.57. The lowest BCUT2D eigenvalue weighted by Crippen LogP contribution is -2.13. The lowest BCUT2D eigenvalue weighted by molar-refractivity contribution is 0.102. The summed E-state index contributed by atoms with van der Waals surface area (Å²) >= 11 is 12.5. The number of carbonyl (C=O) groups is 1. The Morgan fingerprint density at radius 2 is 2.00 bits per heavy atom. The fraction of sp³-hybridized carbons (Fsp3) is 0.0714. The Balaban J connectivity index is 2.33. The van der Waals surface area contributed by atoms with Gasteiger partial charge >= 0.3 is 0 Å². The third kappa shape index (κ3) is 3.22. The van der Waals surface area contributed by atoms with Crippen molar-refractivity contribution in [2.75, 3.05) is 5.32 Å². The van der Waals surface area contributed by atoms with Crippen LogP contribution in [0, 0.1) is 12.7 Å². The molecule has 0 unspecified atom stereocenters. The maximum Gasteiger partial charge on any atom is 0.256 e. The van der Waals surface area contributed by atoms with Crippen LogP contribution in [0.5, 0.6) is 0 Å². The van der Waals surface area contributed by atoms with E-state index < -0.39 is 11.7 Å². The monoisotopic (exact) mass is 419 g/mol. The molecule has 0 radical (unpaired) electrons. The molecule has 0 saturated carbocycles. The second-order valence-electron chi connectivity index (χ2n) is 4.14. The normalized spacial score (nSPS) is 10.4. The highest BCUT2D eigenvalue weighted by molar-refractivity contribution is 9.11. The molecule has 1 N–H and O–H groups in total. The molecule has 0 aromatic heterocycles. The zero-order valence-corrected chi connectivity index (χ0v) is 14.2.